The van der Waals surface area contributed by atoms with E-state index in [0.29, 0.717) is 11.3 Å². The van der Waals surface area contributed by atoms with E-state index < -0.39 is 11.2 Å². The Morgan fingerprint density at radius 2 is 1.79 bits per heavy atom. The maximum atomic E-state index is 11.8. The van der Waals surface area contributed by atoms with Crippen molar-refractivity contribution in [3.63, 3.8) is 0 Å². The minimum absolute atomic E-state index is 0.0387. The lowest BCUT2D eigenvalue weighted by atomic mass is 10.2. The number of aromatic nitrogens is 5. The highest BCUT2D eigenvalue weighted by molar-refractivity contribution is 5.54. The van der Waals surface area contributed by atoms with Crippen LogP contribution in [-0.2, 0) is 0 Å². The Labute approximate surface area is 109 Å². The molecule has 0 unspecified atom stereocenters. The van der Waals surface area contributed by atoms with Crippen LogP contribution in [0.4, 0.5) is 0 Å². The molecule has 7 nitrogen and oxygen atoms in total. The van der Waals surface area contributed by atoms with Gasteiger partial charge in [0.1, 0.15) is 5.69 Å². The van der Waals surface area contributed by atoms with E-state index in [1.807, 2.05) is 27.7 Å². The maximum Gasteiger partial charge on any atom is 0.328 e. The summed E-state index contributed by atoms with van der Waals surface area (Å²) in [5, 5.41) is 7.93. The lowest BCUT2D eigenvalue weighted by Gasteiger charge is -2.09. The van der Waals surface area contributed by atoms with Crippen LogP contribution >= 0.6 is 0 Å². The fourth-order valence-corrected chi connectivity index (χ4v) is 1.70. The highest BCUT2D eigenvalue weighted by atomic mass is 16.2. The summed E-state index contributed by atoms with van der Waals surface area (Å²) < 4.78 is 3.13. The van der Waals surface area contributed by atoms with E-state index >= 15 is 0 Å². The molecule has 0 atom stereocenters. The second-order valence-electron chi connectivity index (χ2n) is 4.98. The van der Waals surface area contributed by atoms with Crippen molar-refractivity contribution >= 4 is 0 Å². The van der Waals surface area contributed by atoms with Crippen molar-refractivity contribution in [2.24, 2.45) is 0 Å². The van der Waals surface area contributed by atoms with E-state index in [9.17, 15) is 9.59 Å². The highest BCUT2D eigenvalue weighted by Crippen LogP contribution is 2.13. The van der Waals surface area contributed by atoms with Crippen LogP contribution in [0.25, 0.3) is 11.3 Å². The molecule has 0 spiro atoms. The molecule has 0 radical (unpaired) electrons. The zero-order valence-corrected chi connectivity index (χ0v) is 11.4. The number of nitrogens with one attached hydrogen (secondary N) is 1. The Morgan fingerprint density at radius 3 is 2.32 bits per heavy atom. The standard InChI is InChI=1S/C12H17N5O2/c1-7(2)16-5-9(11(18)13-12(16)19)10-6-17(8(3)4)15-14-10/h5-8H,1-4H3,(H,13,18,19). The summed E-state index contributed by atoms with van der Waals surface area (Å²) in [6.07, 6.45) is 3.23. The van der Waals surface area contributed by atoms with Gasteiger partial charge in [0.05, 0.1) is 11.8 Å². The Morgan fingerprint density at radius 1 is 1.11 bits per heavy atom. The van der Waals surface area contributed by atoms with Crippen LogP contribution in [0.15, 0.2) is 22.0 Å². The fourth-order valence-electron chi connectivity index (χ4n) is 1.70. The van der Waals surface area contributed by atoms with Gasteiger partial charge in [-0.15, -0.1) is 5.10 Å². The zero-order chi connectivity index (χ0) is 14.2. The van der Waals surface area contributed by atoms with Crippen molar-refractivity contribution < 1.29 is 0 Å². The molecule has 19 heavy (non-hydrogen) atoms. The summed E-state index contributed by atoms with van der Waals surface area (Å²) in [5.74, 6) is 0. The SMILES string of the molecule is CC(C)n1cc(-c2cn(C(C)C)c(=O)[nH]c2=O)nn1. The molecular formula is C12H17N5O2. The van der Waals surface area contributed by atoms with E-state index in [2.05, 4.69) is 15.3 Å². The van der Waals surface area contributed by atoms with Gasteiger partial charge in [0.2, 0.25) is 0 Å². The Hall–Kier alpha value is -2.18. The third-order valence-electron chi connectivity index (χ3n) is 2.84. The number of aromatic amines is 1. The van der Waals surface area contributed by atoms with Crippen molar-refractivity contribution in [2.75, 3.05) is 0 Å². The molecule has 2 heterocycles. The van der Waals surface area contributed by atoms with Gasteiger partial charge >= 0.3 is 5.69 Å². The van der Waals surface area contributed by atoms with Crippen molar-refractivity contribution in [1.29, 1.82) is 0 Å². The number of hydrogen-bond donors (Lipinski definition) is 1. The first kappa shape index (κ1) is 13.3. The number of hydrogen-bond acceptors (Lipinski definition) is 4. The smallest absolute Gasteiger partial charge is 0.297 e. The number of H-pyrrole nitrogens is 1. The molecule has 7 heteroatoms. The number of nitrogens with zero attached hydrogens (tertiary/aromatic N) is 4. The molecule has 0 aromatic carbocycles. The maximum absolute atomic E-state index is 11.8. The number of rotatable bonds is 3. The molecule has 1 N–H and O–H groups in total. The highest BCUT2D eigenvalue weighted by Gasteiger charge is 2.13. The fraction of sp³-hybridized carbons (Fsp3) is 0.500. The van der Waals surface area contributed by atoms with Crippen LogP contribution in [0.2, 0.25) is 0 Å². The van der Waals surface area contributed by atoms with Gasteiger partial charge in [0.25, 0.3) is 5.56 Å². The lowest BCUT2D eigenvalue weighted by Crippen LogP contribution is -2.31. The Kier molecular flexibility index (Phi) is 3.37. The van der Waals surface area contributed by atoms with E-state index in [1.54, 1.807) is 10.9 Å². The minimum Gasteiger partial charge on any atom is -0.297 e. The first-order valence-electron chi connectivity index (χ1n) is 6.18. The average molecular weight is 263 g/mol. The van der Waals surface area contributed by atoms with Gasteiger partial charge in [-0.25, -0.2) is 9.48 Å². The van der Waals surface area contributed by atoms with Crippen LogP contribution in [0, 0.1) is 0 Å². The minimum atomic E-state index is -0.447. The third-order valence-corrected chi connectivity index (χ3v) is 2.84. The summed E-state index contributed by atoms with van der Waals surface area (Å²) in [4.78, 5) is 25.8. The van der Waals surface area contributed by atoms with Crippen molar-refractivity contribution in [3.05, 3.63) is 33.2 Å². The molecule has 0 fully saturated rings. The predicted octanol–water partition coefficient (Wildman–Crippen LogP) is 0.957. The second kappa shape index (κ2) is 4.83. The molecule has 2 aromatic heterocycles. The summed E-state index contributed by atoms with van der Waals surface area (Å²) in [7, 11) is 0. The van der Waals surface area contributed by atoms with E-state index in [1.165, 1.54) is 10.8 Å². The van der Waals surface area contributed by atoms with Crippen LogP contribution < -0.4 is 11.2 Å². The Balaban J connectivity index is 2.58. The topological polar surface area (TPSA) is 85.6 Å². The van der Waals surface area contributed by atoms with Crippen LogP contribution in [0.3, 0.4) is 0 Å². The molecule has 102 valence electrons. The van der Waals surface area contributed by atoms with Crippen molar-refractivity contribution in [2.45, 2.75) is 39.8 Å². The molecule has 0 aliphatic carbocycles. The lowest BCUT2D eigenvalue weighted by molar-refractivity contribution is 0.514. The largest absolute Gasteiger partial charge is 0.328 e. The molecule has 0 aliphatic rings. The van der Waals surface area contributed by atoms with Crippen molar-refractivity contribution in [3.8, 4) is 11.3 Å². The Bertz CT molecular complexity index is 693. The molecule has 0 bridgehead atoms. The molecule has 0 aliphatic heterocycles. The molecule has 0 amide bonds. The van der Waals surface area contributed by atoms with Gasteiger partial charge in [0.15, 0.2) is 0 Å². The van der Waals surface area contributed by atoms with Crippen LogP contribution in [-0.4, -0.2) is 24.5 Å². The summed E-state index contributed by atoms with van der Waals surface area (Å²) >= 11 is 0. The molecule has 2 aromatic rings. The summed E-state index contributed by atoms with van der Waals surface area (Å²) in [6.45, 7) is 7.68. The van der Waals surface area contributed by atoms with Gasteiger partial charge in [-0.3, -0.25) is 14.3 Å². The van der Waals surface area contributed by atoms with Crippen LogP contribution in [0.1, 0.15) is 39.8 Å². The van der Waals surface area contributed by atoms with E-state index in [4.69, 9.17) is 0 Å². The summed E-state index contributed by atoms with van der Waals surface area (Å²) in [5.41, 5.74) is -0.0535. The predicted molar refractivity (Wildman–Crippen MR) is 71.1 cm³/mol. The average Bonchev–Trinajstić information content (AvgIpc) is 2.77. The molecule has 2 rings (SSSR count). The van der Waals surface area contributed by atoms with Gasteiger partial charge in [-0.1, -0.05) is 5.21 Å². The molecule has 0 saturated heterocycles. The van der Waals surface area contributed by atoms with E-state index in [0.717, 1.165) is 0 Å². The quantitative estimate of drug-likeness (QED) is 0.893. The van der Waals surface area contributed by atoms with Gasteiger partial charge in [-0.05, 0) is 27.7 Å². The molecule has 0 saturated carbocycles. The van der Waals surface area contributed by atoms with Crippen molar-refractivity contribution in [1.82, 2.24) is 24.5 Å². The van der Waals surface area contributed by atoms with Gasteiger partial charge in [0, 0.05) is 18.3 Å². The zero-order valence-electron chi connectivity index (χ0n) is 11.4. The van der Waals surface area contributed by atoms with Gasteiger partial charge in [-0.2, -0.15) is 0 Å². The third kappa shape index (κ3) is 2.49. The normalized spacial score (nSPS) is 11.5. The van der Waals surface area contributed by atoms with Gasteiger partial charge < -0.3 is 0 Å². The van der Waals surface area contributed by atoms with Crippen LogP contribution in [0.5, 0.6) is 0 Å². The van der Waals surface area contributed by atoms with E-state index in [-0.39, 0.29) is 12.1 Å². The molecular weight excluding hydrogens is 246 g/mol. The second-order valence-corrected chi connectivity index (χ2v) is 4.98. The monoisotopic (exact) mass is 263 g/mol. The first-order valence-corrected chi connectivity index (χ1v) is 6.18. The summed E-state index contributed by atoms with van der Waals surface area (Å²) in [6, 6.07) is 0.125. The first-order chi connectivity index (χ1) is 8.90.